The molecule has 5 nitrogen and oxygen atoms in total. The molecule has 0 spiro atoms. The van der Waals surface area contributed by atoms with Crippen molar-refractivity contribution in [1.29, 1.82) is 5.26 Å². The van der Waals surface area contributed by atoms with Crippen molar-refractivity contribution in [3.63, 3.8) is 0 Å². The van der Waals surface area contributed by atoms with Crippen LogP contribution < -0.4 is 11.1 Å². The number of nitrogens with zero attached hydrogens (tertiary/aromatic N) is 3. The van der Waals surface area contributed by atoms with E-state index in [9.17, 15) is 4.39 Å². The van der Waals surface area contributed by atoms with Gasteiger partial charge in [0.05, 0.1) is 23.6 Å². The third-order valence-electron chi connectivity index (χ3n) is 2.02. The van der Waals surface area contributed by atoms with Gasteiger partial charge in [0.25, 0.3) is 0 Å². The van der Waals surface area contributed by atoms with E-state index in [1.807, 2.05) is 6.07 Å². The summed E-state index contributed by atoms with van der Waals surface area (Å²) in [5.74, 6) is 0.189. The van der Waals surface area contributed by atoms with Crippen LogP contribution in [-0.4, -0.2) is 9.97 Å². The zero-order chi connectivity index (χ0) is 12.3. The molecule has 0 aliphatic carbocycles. The highest BCUT2D eigenvalue weighted by Crippen LogP contribution is 2.19. The van der Waals surface area contributed by atoms with Gasteiger partial charge >= 0.3 is 0 Å². The number of hydrogen-bond donors (Lipinski definition) is 2. The van der Waals surface area contributed by atoms with Crippen LogP contribution in [0.3, 0.4) is 0 Å². The van der Waals surface area contributed by atoms with Crippen LogP contribution in [0.5, 0.6) is 0 Å². The fourth-order valence-corrected chi connectivity index (χ4v) is 1.30. The van der Waals surface area contributed by atoms with Gasteiger partial charge in [-0.2, -0.15) is 5.26 Å². The molecule has 1 aromatic carbocycles. The molecule has 0 aliphatic rings. The summed E-state index contributed by atoms with van der Waals surface area (Å²) < 4.78 is 12.9. The molecule has 3 N–H and O–H groups in total. The molecule has 1 aromatic heterocycles. The maximum absolute atomic E-state index is 12.9. The molecule has 0 atom stereocenters. The fourth-order valence-electron chi connectivity index (χ4n) is 1.30. The summed E-state index contributed by atoms with van der Waals surface area (Å²) in [4.78, 5) is 7.81. The van der Waals surface area contributed by atoms with Crippen molar-refractivity contribution in [2.75, 3.05) is 11.1 Å². The minimum absolute atomic E-state index is 0.189. The summed E-state index contributed by atoms with van der Waals surface area (Å²) in [5, 5.41) is 11.7. The Morgan fingerprint density at radius 2 is 2.18 bits per heavy atom. The Balaban J connectivity index is 2.34. The molecule has 0 saturated carbocycles. The van der Waals surface area contributed by atoms with E-state index in [4.69, 9.17) is 11.0 Å². The van der Waals surface area contributed by atoms with Gasteiger partial charge in [0.15, 0.2) is 5.82 Å². The lowest BCUT2D eigenvalue weighted by Crippen LogP contribution is -1.99. The second-order valence-corrected chi connectivity index (χ2v) is 3.26. The lowest BCUT2D eigenvalue weighted by molar-refractivity contribution is 0.627. The Labute approximate surface area is 96.7 Å². The number of nitrogens with one attached hydrogen (secondary N) is 1. The Bertz CT molecular complexity index is 591. The van der Waals surface area contributed by atoms with Gasteiger partial charge in [-0.05, 0) is 18.2 Å². The van der Waals surface area contributed by atoms with Gasteiger partial charge in [-0.25, -0.2) is 9.37 Å². The largest absolute Gasteiger partial charge is 0.382 e. The number of aromatic nitrogens is 2. The highest BCUT2D eigenvalue weighted by atomic mass is 19.1. The number of halogens is 1. The van der Waals surface area contributed by atoms with Gasteiger partial charge in [-0.1, -0.05) is 0 Å². The summed E-state index contributed by atoms with van der Waals surface area (Å²) in [6.07, 6.45) is 2.86. The third-order valence-corrected chi connectivity index (χ3v) is 2.02. The van der Waals surface area contributed by atoms with Crippen LogP contribution in [0.2, 0.25) is 0 Å². The Morgan fingerprint density at radius 3 is 2.88 bits per heavy atom. The van der Waals surface area contributed by atoms with Crippen LogP contribution in [0.25, 0.3) is 0 Å². The first-order valence-electron chi connectivity index (χ1n) is 4.73. The molecule has 17 heavy (non-hydrogen) atoms. The first-order chi connectivity index (χ1) is 8.19. The van der Waals surface area contributed by atoms with E-state index in [1.54, 1.807) is 0 Å². The third kappa shape index (κ3) is 2.46. The molecule has 0 radical (unpaired) electrons. The van der Waals surface area contributed by atoms with Crippen LogP contribution in [0.4, 0.5) is 21.7 Å². The Kier molecular flexibility index (Phi) is 2.83. The standard InChI is InChI=1S/C11H8FN5/c12-8-1-2-9(7(3-8)4-13)16-11-6-15-5-10(14)17-11/h1-3,5-6H,(H3,14,16,17). The highest BCUT2D eigenvalue weighted by Gasteiger charge is 2.05. The summed E-state index contributed by atoms with van der Waals surface area (Å²) in [6, 6.07) is 5.74. The van der Waals surface area contributed by atoms with E-state index in [1.165, 1.54) is 24.5 Å². The number of nitrogen functional groups attached to an aromatic ring is 1. The van der Waals surface area contributed by atoms with E-state index in [0.29, 0.717) is 11.5 Å². The summed E-state index contributed by atoms with van der Waals surface area (Å²) in [5.41, 5.74) is 6.11. The van der Waals surface area contributed by atoms with Crippen molar-refractivity contribution < 1.29 is 4.39 Å². The van der Waals surface area contributed by atoms with Crippen molar-refractivity contribution in [3.8, 4) is 6.07 Å². The first-order valence-corrected chi connectivity index (χ1v) is 4.73. The van der Waals surface area contributed by atoms with Crippen LogP contribution in [0.1, 0.15) is 5.56 Å². The minimum Gasteiger partial charge on any atom is -0.382 e. The van der Waals surface area contributed by atoms with Crippen molar-refractivity contribution in [1.82, 2.24) is 9.97 Å². The molecule has 0 amide bonds. The lowest BCUT2D eigenvalue weighted by Gasteiger charge is -2.07. The van der Waals surface area contributed by atoms with E-state index >= 15 is 0 Å². The molecular weight excluding hydrogens is 221 g/mol. The molecule has 2 rings (SSSR count). The average molecular weight is 229 g/mol. The second kappa shape index (κ2) is 4.45. The summed E-state index contributed by atoms with van der Waals surface area (Å²) >= 11 is 0. The molecule has 2 aromatic rings. The van der Waals surface area contributed by atoms with Gasteiger partial charge in [0.2, 0.25) is 0 Å². The van der Waals surface area contributed by atoms with Gasteiger partial charge in [0, 0.05) is 0 Å². The molecule has 0 fully saturated rings. The molecule has 0 unspecified atom stereocenters. The number of nitriles is 1. The summed E-state index contributed by atoms with van der Waals surface area (Å²) in [6.45, 7) is 0. The normalized spacial score (nSPS) is 9.65. The number of nitrogens with two attached hydrogens (primary N) is 1. The monoisotopic (exact) mass is 229 g/mol. The van der Waals surface area contributed by atoms with Crippen molar-refractivity contribution in [2.24, 2.45) is 0 Å². The first kappa shape index (κ1) is 10.8. The number of hydrogen-bond acceptors (Lipinski definition) is 5. The predicted octanol–water partition coefficient (Wildman–Crippen LogP) is 1.81. The lowest BCUT2D eigenvalue weighted by atomic mass is 10.2. The maximum Gasteiger partial charge on any atom is 0.151 e. The van der Waals surface area contributed by atoms with Gasteiger partial charge in [0.1, 0.15) is 17.7 Å². The average Bonchev–Trinajstić information content (AvgIpc) is 2.31. The number of anilines is 3. The van der Waals surface area contributed by atoms with E-state index in [-0.39, 0.29) is 11.4 Å². The molecule has 1 heterocycles. The molecule has 0 bridgehead atoms. The van der Waals surface area contributed by atoms with E-state index < -0.39 is 5.82 Å². The van der Waals surface area contributed by atoms with Crippen LogP contribution in [0.15, 0.2) is 30.6 Å². The van der Waals surface area contributed by atoms with E-state index in [0.717, 1.165) is 6.07 Å². The van der Waals surface area contributed by atoms with Gasteiger partial charge in [-0.3, -0.25) is 4.98 Å². The van der Waals surface area contributed by atoms with Gasteiger partial charge in [-0.15, -0.1) is 0 Å². The van der Waals surface area contributed by atoms with Crippen molar-refractivity contribution in [2.45, 2.75) is 0 Å². The second-order valence-electron chi connectivity index (χ2n) is 3.26. The number of rotatable bonds is 2. The van der Waals surface area contributed by atoms with Gasteiger partial charge < -0.3 is 11.1 Å². The molecule has 0 aliphatic heterocycles. The molecular formula is C11H8FN5. The Morgan fingerprint density at radius 1 is 1.35 bits per heavy atom. The maximum atomic E-state index is 12.9. The molecule has 0 saturated heterocycles. The quantitative estimate of drug-likeness (QED) is 0.819. The SMILES string of the molecule is N#Cc1cc(F)ccc1Nc1cncc(N)n1. The smallest absolute Gasteiger partial charge is 0.151 e. The van der Waals surface area contributed by atoms with E-state index in [2.05, 4.69) is 15.3 Å². The molecule has 6 heteroatoms. The fraction of sp³-hybridized carbons (Fsp3) is 0. The summed E-state index contributed by atoms with van der Waals surface area (Å²) in [7, 11) is 0. The topological polar surface area (TPSA) is 87.6 Å². The Hall–Kier alpha value is -2.68. The van der Waals surface area contributed by atoms with Crippen LogP contribution in [-0.2, 0) is 0 Å². The van der Waals surface area contributed by atoms with Crippen LogP contribution in [0, 0.1) is 17.1 Å². The van der Waals surface area contributed by atoms with Crippen molar-refractivity contribution >= 4 is 17.3 Å². The zero-order valence-corrected chi connectivity index (χ0v) is 8.68. The van der Waals surface area contributed by atoms with Crippen LogP contribution >= 0.6 is 0 Å². The minimum atomic E-state index is -0.467. The molecule has 84 valence electrons. The highest BCUT2D eigenvalue weighted by molar-refractivity contribution is 5.64. The van der Waals surface area contributed by atoms with Crippen molar-refractivity contribution in [3.05, 3.63) is 42.0 Å². The zero-order valence-electron chi connectivity index (χ0n) is 8.68. The number of benzene rings is 1. The predicted molar refractivity (Wildman–Crippen MR) is 60.8 cm³/mol.